The summed E-state index contributed by atoms with van der Waals surface area (Å²) in [5, 5.41) is 0.623. The minimum atomic E-state index is -0.285. The van der Waals surface area contributed by atoms with Gasteiger partial charge in [0.25, 0.3) is 0 Å². The highest BCUT2D eigenvalue weighted by molar-refractivity contribution is 6.30. The number of hydrogen-bond donors (Lipinski definition) is 1. The van der Waals surface area contributed by atoms with Gasteiger partial charge >= 0.3 is 0 Å². The van der Waals surface area contributed by atoms with Crippen LogP contribution in [0.2, 0.25) is 5.02 Å². The van der Waals surface area contributed by atoms with Crippen molar-refractivity contribution in [2.24, 2.45) is 0 Å². The second-order valence-electron chi connectivity index (χ2n) is 4.84. The maximum Gasteiger partial charge on any atom is 0.194 e. The summed E-state index contributed by atoms with van der Waals surface area (Å²) in [6.07, 6.45) is 1.83. The molecule has 1 aromatic carbocycles. The van der Waals surface area contributed by atoms with Crippen LogP contribution in [0, 0.1) is 0 Å². The first-order valence-electron chi connectivity index (χ1n) is 6.41. The van der Waals surface area contributed by atoms with Gasteiger partial charge in [-0.05, 0) is 37.1 Å². The van der Waals surface area contributed by atoms with Gasteiger partial charge in [0.15, 0.2) is 11.2 Å². The summed E-state index contributed by atoms with van der Waals surface area (Å²) in [6, 6.07) is 8.47. The monoisotopic (exact) mass is 288 g/mol. The number of pyridine rings is 1. The topological polar surface area (TPSA) is 65.1 Å². The van der Waals surface area contributed by atoms with Crippen molar-refractivity contribution in [1.29, 1.82) is 0 Å². The molecule has 5 heteroatoms. The fourth-order valence-corrected chi connectivity index (χ4v) is 2.78. The molecule has 0 spiro atoms. The largest absolute Gasteiger partial charge is 0.385 e. The zero-order valence-corrected chi connectivity index (χ0v) is 11.5. The number of halogens is 1. The van der Waals surface area contributed by atoms with E-state index in [1.54, 1.807) is 16.7 Å². The molecule has 3 rings (SSSR count). The number of benzene rings is 1. The number of carbonyl (C=O) groups excluding carboxylic acids is 1. The van der Waals surface area contributed by atoms with Crippen molar-refractivity contribution >= 4 is 23.2 Å². The van der Waals surface area contributed by atoms with Crippen molar-refractivity contribution in [3.63, 3.8) is 0 Å². The summed E-state index contributed by atoms with van der Waals surface area (Å²) in [5.74, 6) is 0.240. The number of Topliss-reactive ketones (excluding diaryl/α,β-unsaturated/α-hetero) is 1. The lowest BCUT2D eigenvalue weighted by Crippen LogP contribution is -2.27. The molecular formula is C15H13ClN2O2. The molecule has 0 aliphatic heterocycles. The molecule has 1 aliphatic rings. The first kappa shape index (κ1) is 12.9. The van der Waals surface area contributed by atoms with E-state index in [4.69, 9.17) is 17.3 Å². The molecule has 1 aromatic heterocycles. The second-order valence-corrected chi connectivity index (χ2v) is 5.28. The summed E-state index contributed by atoms with van der Waals surface area (Å²) < 4.78 is 1.77. The van der Waals surface area contributed by atoms with Gasteiger partial charge in [0.05, 0.1) is 5.56 Å². The molecule has 102 valence electrons. The van der Waals surface area contributed by atoms with Crippen LogP contribution in [0.5, 0.6) is 0 Å². The van der Waals surface area contributed by atoms with Gasteiger partial charge in [-0.3, -0.25) is 14.2 Å². The van der Waals surface area contributed by atoms with E-state index in [-0.39, 0.29) is 16.8 Å². The molecule has 1 heterocycles. The number of nitrogens with zero attached hydrogens (tertiary/aromatic N) is 1. The van der Waals surface area contributed by atoms with Crippen LogP contribution in [-0.2, 0) is 6.42 Å². The third-order valence-corrected chi connectivity index (χ3v) is 3.78. The molecule has 2 N–H and O–H groups in total. The first-order valence-corrected chi connectivity index (χ1v) is 6.79. The maximum atomic E-state index is 12.0. The Kier molecular flexibility index (Phi) is 3.10. The Hall–Kier alpha value is -2.07. The number of rotatable bonds is 1. The third-order valence-electron chi connectivity index (χ3n) is 3.52. The summed E-state index contributed by atoms with van der Waals surface area (Å²) in [7, 11) is 0. The molecule has 1 aliphatic carbocycles. The minimum absolute atomic E-state index is 0.0982. The smallest absolute Gasteiger partial charge is 0.194 e. The van der Waals surface area contributed by atoms with Crippen molar-refractivity contribution in [2.45, 2.75) is 19.3 Å². The highest BCUT2D eigenvalue weighted by atomic mass is 35.5. The number of fused-ring (bicyclic) bond motifs is 1. The van der Waals surface area contributed by atoms with E-state index in [1.807, 2.05) is 12.1 Å². The van der Waals surface area contributed by atoms with Crippen LogP contribution in [0.25, 0.3) is 5.69 Å². The molecule has 0 unspecified atom stereocenters. The van der Waals surface area contributed by atoms with Gasteiger partial charge in [0.1, 0.15) is 5.82 Å². The van der Waals surface area contributed by atoms with E-state index in [9.17, 15) is 9.59 Å². The molecule has 0 atom stereocenters. The van der Waals surface area contributed by atoms with Crippen LogP contribution in [0.1, 0.15) is 28.9 Å². The Morgan fingerprint density at radius 1 is 1.10 bits per heavy atom. The van der Waals surface area contributed by atoms with Crippen molar-refractivity contribution in [3.8, 4) is 5.69 Å². The molecule has 0 saturated carbocycles. The lowest BCUT2D eigenvalue weighted by atomic mass is 9.93. The highest BCUT2D eigenvalue weighted by Crippen LogP contribution is 2.25. The van der Waals surface area contributed by atoms with Crippen molar-refractivity contribution in [1.82, 2.24) is 4.57 Å². The highest BCUT2D eigenvalue weighted by Gasteiger charge is 2.24. The van der Waals surface area contributed by atoms with Crippen LogP contribution in [-0.4, -0.2) is 10.4 Å². The summed E-state index contributed by atoms with van der Waals surface area (Å²) in [5.41, 5.74) is 7.48. The number of ketones is 1. The number of carbonyl (C=O) groups is 1. The summed E-state index contributed by atoms with van der Waals surface area (Å²) in [4.78, 5) is 24.0. The Balaban J connectivity index is 2.31. The normalized spacial score (nSPS) is 14.2. The second kappa shape index (κ2) is 4.80. The van der Waals surface area contributed by atoms with Gasteiger partial charge in [0.2, 0.25) is 0 Å². The SMILES string of the molecule is Nc1cc(=O)c2c(n1-c1ccc(Cl)cc1)CCCC2=O. The quantitative estimate of drug-likeness (QED) is 0.877. The predicted molar refractivity (Wildman–Crippen MR) is 78.7 cm³/mol. The molecule has 0 bridgehead atoms. The average Bonchev–Trinajstić information content (AvgIpc) is 2.40. The van der Waals surface area contributed by atoms with Gasteiger partial charge in [-0.1, -0.05) is 11.6 Å². The zero-order chi connectivity index (χ0) is 14.3. The molecule has 0 fully saturated rings. The Morgan fingerprint density at radius 2 is 1.80 bits per heavy atom. The number of nitrogens with two attached hydrogens (primary N) is 1. The Bertz CT molecular complexity index is 748. The molecular weight excluding hydrogens is 276 g/mol. The number of anilines is 1. The van der Waals surface area contributed by atoms with Crippen LogP contribution in [0.15, 0.2) is 35.1 Å². The van der Waals surface area contributed by atoms with E-state index in [0.29, 0.717) is 29.4 Å². The molecule has 0 radical (unpaired) electrons. The average molecular weight is 289 g/mol. The first-order chi connectivity index (χ1) is 9.58. The zero-order valence-electron chi connectivity index (χ0n) is 10.7. The van der Waals surface area contributed by atoms with Crippen molar-refractivity contribution in [3.05, 3.63) is 56.8 Å². The number of aromatic nitrogens is 1. The van der Waals surface area contributed by atoms with Crippen LogP contribution in [0.4, 0.5) is 5.82 Å². The Morgan fingerprint density at radius 3 is 2.50 bits per heavy atom. The lowest BCUT2D eigenvalue weighted by Gasteiger charge is -2.22. The van der Waals surface area contributed by atoms with Crippen molar-refractivity contribution < 1.29 is 4.79 Å². The fraction of sp³-hybridized carbons (Fsp3) is 0.200. The number of hydrogen-bond acceptors (Lipinski definition) is 3. The van der Waals surface area contributed by atoms with E-state index >= 15 is 0 Å². The molecule has 0 amide bonds. The summed E-state index contributed by atoms with van der Waals surface area (Å²) >= 11 is 5.89. The van der Waals surface area contributed by atoms with Gasteiger partial charge in [0, 0.05) is 28.9 Å². The number of nitrogen functional groups attached to an aromatic ring is 1. The molecule has 0 saturated heterocycles. The predicted octanol–water partition coefficient (Wildman–Crippen LogP) is 2.59. The van der Waals surface area contributed by atoms with E-state index in [1.165, 1.54) is 6.07 Å². The van der Waals surface area contributed by atoms with Crippen LogP contribution in [0.3, 0.4) is 0 Å². The van der Waals surface area contributed by atoms with E-state index < -0.39 is 0 Å². The van der Waals surface area contributed by atoms with Gasteiger partial charge in [-0.2, -0.15) is 0 Å². The minimum Gasteiger partial charge on any atom is -0.385 e. The third kappa shape index (κ3) is 2.02. The van der Waals surface area contributed by atoms with Crippen molar-refractivity contribution in [2.75, 3.05) is 5.73 Å². The van der Waals surface area contributed by atoms with E-state index in [2.05, 4.69) is 0 Å². The van der Waals surface area contributed by atoms with E-state index in [0.717, 1.165) is 12.1 Å². The molecule has 20 heavy (non-hydrogen) atoms. The van der Waals surface area contributed by atoms with Crippen LogP contribution < -0.4 is 11.2 Å². The maximum absolute atomic E-state index is 12.0. The molecule has 2 aromatic rings. The molecule has 4 nitrogen and oxygen atoms in total. The Labute approximate surface area is 120 Å². The van der Waals surface area contributed by atoms with Gasteiger partial charge in [-0.25, -0.2) is 0 Å². The van der Waals surface area contributed by atoms with Crippen LogP contribution >= 0.6 is 11.6 Å². The fourth-order valence-electron chi connectivity index (χ4n) is 2.65. The standard InChI is InChI=1S/C15H13ClN2O2/c16-9-4-6-10(7-5-9)18-11-2-1-3-12(19)15(11)13(20)8-14(18)17/h4-8H,1-3,17H2. The van der Waals surface area contributed by atoms with Gasteiger partial charge in [-0.15, -0.1) is 0 Å². The summed E-state index contributed by atoms with van der Waals surface area (Å²) in [6.45, 7) is 0. The lowest BCUT2D eigenvalue weighted by molar-refractivity contribution is 0.0970. The van der Waals surface area contributed by atoms with Gasteiger partial charge < -0.3 is 5.73 Å².